The molecule has 1 rings (SSSR count). The molecule has 0 radical (unpaired) electrons. The van der Waals surface area contributed by atoms with Crippen LogP contribution in [0.25, 0.3) is 0 Å². The van der Waals surface area contributed by atoms with Crippen molar-refractivity contribution in [1.29, 1.82) is 0 Å². The molecular weight excluding hydrogens is 200 g/mol. The van der Waals surface area contributed by atoms with E-state index in [-0.39, 0.29) is 16.7 Å². The number of nitrogens with one attached hydrogen (secondary N) is 1. The Balaban J connectivity index is 2.65. The molecule has 5 heteroatoms. The van der Waals surface area contributed by atoms with E-state index in [4.69, 9.17) is 5.73 Å². The molecule has 0 heterocycles. The first-order chi connectivity index (χ1) is 6.27. The van der Waals surface area contributed by atoms with E-state index in [1.807, 2.05) is 20.8 Å². The van der Waals surface area contributed by atoms with Crippen LogP contribution in [0.4, 0.5) is 0 Å². The van der Waals surface area contributed by atoms with Crippen molar-refractivity contribution in [2.75, 3.05) is 6.54 Å². The molecule has 14 heavy (non-hydrogen) atoms. The van der Waals surface area contributed by atoms with Gasteiger partial charge in [0.05, 0.1) is 5.25 Å². The lowest BCUT2D eigenvalue weighted by Crippen LogP contribution is -2.49. The predicted octanol–water partition coefficient (Wildman–Crippen LogP) is 0.442. The van der Waals surface area contributed by atoms with Crippen LogP contribution >= 0.6 is 0 Å². The smallest absolute Gasteiger partial charge is 0.214 e. The molecular formula is C9H20N2O2S. The van der Waals surface area contributed by atoms with Crippen LogP contribution in [-0.2, 0) is 10.0 Å². The maximum Gasteiger partial charge on any atom is 0.214 e. The van der Waals surface area contributed by atoms with Gasteiger partial charge in [0.15, 0.2) is 0 Å². The normalized spacial score (nSPS) is 20.9. The van der Waals surface area contributed by atoms with Crippen molar-refractivity contribution in [3.63, 3.8) is 0 Å². The summed E-state index contributed by atoms with van der Waals surface area (Å²) in [6, 6.07) is -0.173. The van der Waals surface area contributed by atoms with E-state index in [9.17, 15) is 8.42 Å². The van der Waals surface area contributed by atoms with Crippen molar-refractivity contribution < 1.29 is 8.42 Å². The summed E-state index contributed by atoms with van der Waals surface area (Å²) in [6.07, 6.45) is 1.58. The predicted molar refractivity (Wildman–Crippen MR) is 57.4 cm³/mol. The molecule has 84 valence electrons. The van der Waals surface area contributed by atoms with Gasteiger partial charge in [-0.3, -0.25) is 0 Å². The molecule has 1 fully saturated rings. The molecule has 1 aliphatic carbocycles. The lowest BCUT2D eigenvalue weighted by atomic mass is 9.88. The van der Waals surface area contributed by atoms with Gasteiger partial charge < -0.3 is 5.73 Å². The quantitative estimate of drug-likeness (QED) is 0.722. The zero-order valence-electron chi connectivity index (χ0n) is 9.08. The van der Waals surface area contributed by atoms with Crippen LogP contribution in [-0.4, -0.2) is 26.3 Å². The fourth-order valence-corrected chi connectivity index (χ4v) is 3.05. The Hall–Kier alpha value is -0.130. The highest BCUT2D eigenvalue weighted by Gasteiger charge is 2.38. The molecule has 1 atom stereocenters. The molecule has 4 nitrogen and oxygen atoms in total. The summed E-state index contributed by atoms with van der Waals surface area (Å²) >= 11 is 0. The number of nitrogens with two attached hydrogens (primary N) is 1. The maximum atomic E-state index is 11.6. The van der Waals surface area contributed by atoms with Gasteiger partial charge in [0.25, 0.3) is 0 Å². The molecule has 1 aliphatic rings. The van der Waals surface area contributed by atoms with Crippen LogP contribution in [0.2, 0.25) is 0 Å². The Labute approximate surface area is 86.3 Å². The fraction of sp³-hybridized carbons (Fsp3) is 1.00. The molecule has 1 saturated carbocycles. The molecule has 0 saturated heterocycles. The van der Waals surface area contributed by atoms with Crippen molar-refractivity contribution in [2.45, 2.75) is 44.9 Å². The number of hydrogen-bond donors (Lipinski definition) is 2. The van der Waals surface area contributed by atoms with Crippen molar-refractivity contribution in [1.82, 2.24) is 4.72 Å². The molecule has 0 bridgehead atoms. The summed E-state index contributed by atoms with van der Waals surface area (Å²) in [5.74, 6) is 0. The van der Waals surface area contributed by atoms with Gasteiger partial charge in [0, 0.05) is 12.6 Å². The van der Waals surface area contributed by atoms with Gasteiger partial charge >= 0.3 is 0 Å². The SMILES string of the molecule is CC(C)(C)C(CN)NS(=O)(=O)C1CC1. The second-order valence-corrected chi connectivity index (χ2v) is 7.01. The largest absolute Gasteiger partial charge is 0.329 e. The van der Waals surface area contributed by atoms with E-state index in [1.54, 1.807) is 0 Å². The minimum Gasteiger partial charge on any atom is -0.329 e. The van der Waals surface area contributed by atoms with E-state index >= 15 is 0 Å². The number of hydrogen-bond acceptors (Lipinski definition) is 3. The van der Waals surface area contributed by atoms with Crippen LogP contribution in [0.3, 0.4) is 0 Å². The average molecular weight is 220 g/mol. The first kappa shape index (κ1) is 11.9. The molecule has 0 aromatic rings. The summed E-state index contributed by atoms with van der Waals surface area (Å²) in [4.78, 5) is 0. The minimum absolute atomic E-state index is 0.128. The minimum atomic E-state index is -3.11. The monoisotopic (exact) mass is 220 g/mol. The van der Waals surface area contributed by atoms with Crippen molar-refractivity contribution in [3.05, 3.63) is 0 Å². The summed E-state index contributed by atoms with van der Waals surface area (Å²) in [6.45, 7) is 6.30. The Morgan fingerprint density at radius 3 is 2.21 bits per heavy atom. The number of sulfonamides is 1. The third kappa shape index (κ3) is 2.93. The van der Waals surface area contributed by atoms with Gasteiger partial charge in [-0.1, -0.05) is 20.8 Å². The fourth-order valence-electron chi connectivity index (χ4n) is 1.25. The average Bonchev–Trinajstić information content (AvgIpc) is 2.79. The van der Waals surface area contributed by atoms with Crippen LogP contribution in [0.1, 0.15) is 33.6 Å². The van der Waals surface area contributed by atoms with Crippen LogP contribution in [0, 0.1) is 5.41 Å². The highest BCUT2D eigenvalue weighted by Crippen LogP contribution is 2.29. The highest BCUT2D eigenvalue weighted by atomic mass is 32.2. The van der Waals surface area contributed by atoms with E-state index in [0.717, 1.165) is 12.8 Å². The molecule has 0 aliphatic heterocycles. The first-order valence-electron chi connectivity index (χ1n) is 4.98. The summed E-state index contributed by atoms with van der Waals surface area (Å²) < 4.78 is 26.0. The standard InChI is InChI=1S/C9H20N2O2S/c1-9(2,3)8(6-10)11-14(12,13)7-4-5-7/h7-8,11H,4-6,10H2,1-3H3. The molecule has 3 N–H and O–H groups in total. The van der Waals surface area contributed by atoms with Gasteiger partial charge in [-0.15, -0.1) is 0 Å². The van der Waals surface area contributed by atoms with Gasteiger partial charge in [-0.2, -0.15) is 0 Å². The lowest BCUT2D eigenvalue weighted by Gasteiger charge is -2.30. The Morgan fingerprint density at radius 1 is 1.43 bits per heavy atom. The van der Waals surface area contributed by atoms with Gasteiger partial charge in [-0.25, -0.2) is 13.1 Å². The maximum absolute atomic E-state index is 11.6. The van der Waals surface area contributed by atoms with E-state index in [0.29, 0.717) is 6.54 Å². The Kier molecular flexibility index (Phi) is 3.23. The van der Waals surface area contributed by atoms with Crippen molar-refractivity contribution in [2.24, 2.45) is 11.1 Å². The second-order valence-electron chi connectivity index (χ2n) is 5.02. The third-order valence-electron chi connectivity index (χ3n) is 2.55. The Bertz CT molecular complexity index is 288. The Morgan fingerprint density at radius 2 is 1.93 bits per heavy atom. The van der Waals surface area contributed by atoms with E-state index in [1.165, 1.54) is 0 Å². The van der Waals surface area contributed by atoms with Crippen LogP contribution in [0.5, 0.6) is 0 Å². The summed E-state index contributed by atoms with van der Waals surface area (Å²) in [5, 5.41) is -0.168. The molecule has 0 aromatic heterocycles. The van der Waals surface area contributed by atoms with Crippen LogP contribution in [0.15, 0.2) is 0 Å². The first-order valence-corrected chi connectivity index (χ1v) is 6.53. The third-order valence-corrected chi connectivity index (χ3v) is 4.51. The molecule has 0 amide bonds. The summed E-state index contributed by atoms with van der Waals surface area (Å²) in [5.41, 5.74) is 5.43. The highest BCUT2D eigenvalue weighted by molar-refractivity contribution is 7.90. The number of rotatable bonds is 4. The topological polar surface area (TPSA) is 72.2 Å². The molecule has 1 unspecified atom stereocenters. The van der Waals surface area contributed by atoms with Gasteiger partial charge in [-0.05, 0) is 18.3 Å². The lowest BCUT2D eigenvalue weighted by molar-refractivity contribution is 0.304. The second kappa shape index (κ2) is 3.79. The van der Waals surface area contributed by atoms with Gasteiger partial charge in [0.2, 0.25) is 10.0 Å². The van der Waals surface area contributed by atoms with Gasteiger partial charge in [0.1, 0.15) is 0 Å². The summed E-state index contributed by atoms with van der Waals surface area (Å²) in [7, 11) is -3.11. The molecule has 0 spiro atoms. The van der Waals surface area contributed by atoms with E-state index in [2.05, 4.69) is 4.72 Å². The van der Waals surface area contributed by atoms with Crippen molar-refractivity contribution >= 4 is 10.0 Å². The van der Waals surface area contributed by atoms with E-state index < -0.39 is 10.0 Å². The van der Waals surface area contributed by atoms with Crippen molar-refractivity contribution in [3.8, 4) is 0 Å². The molecule has 0 aromatic carbocycles. The zero-order valence-corrected chi connectivity index (χ0v) is 9.89. The zero-order chi connectivity index (χ0) is 11.0. The van der Waals surface area contributed by atoms with Crippen LogP contribution < -0.4 is 10.5 Å².